The summed E-state index contributed by atoms with van der Waals surface area (Å²) in [5.41, 5.74) is 0.992. The molecule has 4 rings (SSSR count). The number of nitrogens with zero attached hydrogens (tertiary/aromatic N) is 1. The molecule has 2 saturated heterocycles. The molecule has 3 heterocycles. The Morgan fingerprint density at radius 2 is 2.24 bits per heavy atom. The molecule has 0 bridgehead atoms. The van der Waals surface area contributed by atoms with Crippen LogP contribution < -0.4 is 5.32 Å². The fourth-order valence-corrected chi connectivity index (χ4v) is 4.46. The highest BCUT2D eigenvalue weighted by atomic mass is 16.5. The van der Waals surface area contributed by atoms with Crippen molar-refractivity contribution in [3.63, 3.8) is 0 Å². The van der Waals surface area contributed by atoms with E-state index in [1.165, 1.54) is 7.11 Å². The fourth-order valence-electron chi connectivity index (χ4n) is 4.46. The van der Waals surface area contributed by atoms with Crippen LogP contribution in [0, 0.1) is 5.92 Å². The van der Waals surface area contributed by atoms with E-state index in [1.54, 1.807) is 0 Å². The maximum absolute atomic E-state index is 12.8. The highest BCUT2D eigenvalue weighted by molar-refractivity contribution is 6.09. The molecular formula is C16H18N2O3. The number of hydrogen-bond acceptors (Lipinski definition) is 4. The molecule has 5 heteroatoms. The lowest BCUT2D eigenvalue weighted by molar-refractivity contribution is -0.150. The molecule has 2 fully saturated rings. The van der Waals surface area contributed by atoms with Crippen LogP contribution in [0.2, 0.25) is 0 Å². The van der Waals surface area contributed by atoms with E-state index in [0.29, 0.717) is 6.54 Å². The fraction of sp³-hybridized carbons (Fsp3) is 0.500. The normalized spacial score (nSPS) is 33.9. The van der Waals surface area contributed by atoms with Gasteiger partial charge in [-0.3, -0.25) is 14.5 Å². The van der Waals surface area contributed by atoms with Crippen LogP contribution >= 0.6 is 0 Å². The highest BCUT2D eigenvalue weighted by Gasteiger charge is 2.64. The van der Waals surface area contributed by atoms with Gasteiger partial charge in [-0.05, 0) is 31.0 Å². The zero-order valence-electron chi connectivity index (χ0n) is 12.0. The van der Waals surface area contributed by atoms with Crippen molar-refractivity contribution in [3.05, 3.63) is 29.8 Å². The summed E-state index contributed by atoms with van der Waals surface area (Å²) in [5, 5.41) is 2.96. The summed E-state index contributed by atoms with van der Waals surface area (Å²) in [4.78, 5) is 27.5. The third kappa shape index (κ3) is 1.50. The van der Waals surface area contributed by atoms with Crippen LogP contribution in [0.5, 0.6) is 0 Å². The predicted octanol–water partition coefficient (Wildman–Crippen LogP) is 1.14. The number of amides is 1. The number of hydrogen-bond donors (Lipinski definition) is 1. The van der Waals surface area contributed by atoms with Crippen molar-refractivity contribution < 1.29 is 14.3 Å². The molecule has 3 aliphatic rings. The Morgan fingerprint density at radius 3 is 3.05 bits per heavy atom. The van der Waals surface area contributed by atoms with Gasteiger partial charge in [-0.25, -0.2) is 0 Å². The average Bonchev–Trinajstić information content (AvgIpc) is 3.12. The Hall–Kier alpha value is -1.88. The summed E-state index contributed by atoms with van der Waals surface area (Å²) in [6, 6.07) is 7.82. The smallest absolute Gasteiger partial charge is 0.311 e. The minimum atomic E-state index is -0.783. The number of anilines is 1. The van der Waals surface area contributed by atoms with E-state index in [1.807, 2.05) is 24.3 Å². The maximum Gasteiger partial charge on any atom is 0.311 e. The number of methoxy groups -OCH3 is 1. The second kappa shape index (κ2) is 4.31. The van der Waals surface area contributed by atoms with Gasteiger partial charge in [0.05, 0.1) is 13.0 Å². The zero-order valence-corrected chi connectivity index (χ0v) is 12.0. The Morgan fingerprint density at radius 1 is 1.43 bits per heavy atom. The minimum absolute atomic E-state index is 0.0616. The first-order chi connectivity index (χ1) is 10.2. The second-order valence-electron chi connectivity index (χ2n) is 6.15. The molecule has 110 valence electrons. The van der Waals surface area contributed by atoms with E-state index < -0.39 is 11.3 Å². The summed E-state index contributed by atoms with van der Waals surface area (Å²) in [6.07, 6.45) is 2.04. The Kier molecular flexibility index (Phi) is 2.63. The Labute approximate surface area is 123 Å². The van der Waals surface area contributed by atoms with E-state index in [0.717, 1.165) is 30.6 Å². The molecule has 1 amide bonds. The van der Waals surface area contributed by atoms with Crippen LogP contribution in [0.4, 0.5) is 5.69 Å². The molecule has 1 aromatic carbocycles. The lowest BCUT2D eigenvalue weighted by atomic mass is 9.70. The van der Waals surface area contributed by atoms with Crippen LogP contribution in [0.15, 0.2) is 24.3 Å². The standard InChI is InChI=1S/C16H18N2O3/c1-21-14(19)13-12-7-4-8-18(12)9-16(13)10-5-2-3-6-11(10)17-15(16)20/h2-3,5-6,12-13H,4,7-9H2,1H3,(H,17,20)/t12-,13-,16-/m1/s1. The number of esters is 1. The van der Waals surface area contributed by atoms with Gasteiger partial charge in [0.15, 0.2) is 0 Å². The van der Waals surface area contributed by atoms with Crippen LogP contribution in [0.3, 0.4) is 0 Å². The van der Waals surface area contributed by atoms with Crippen molar-refractivity contribution in [1.82, 2.24) is 4.90 Å². The van der Waals surface area contributed by atoms with Crippen molar-refractivity contribution in [2.75, 3.05) is 25.5 Å². The molecule has 3 aliphatic heterocycles. The number of ether oxygens (including phenoxy) is 1. The average molecular weight is 286 g/mol. The number of nitrogens with one attached hydrogen (secondary N) is 1. The summed E-state index contributed by atoms with van der Waals surface area (Å²) < 4.78 is 5.05. The van der Waals surface area contributed by atoms with E-state index in [2.05, 4.69) is 10.2 Å². The molecule has 1 N–H and O–H groups in total. The number of para-hydroxylation sites is 1. The van der Waals surface area contributed by atoms with Gasteiger partial charge in [-0.15, -0.1) is 0 Å². The quantitative estimate of drug-likeness (QED) is 0.787. The number of benzene rings is 1. The van der Waals surface area contributed by atoms with Crippen molar-refractivity contribution in [2.24, 2.45) is 5.92 Å². The van der Waals surface area contributed by atoms with Crippen molar-refractivity contribution in [3.8, 4) is 0 Å². The largest absolute Gasteiger partial charge is 0.469 e. The van der Waals surface area contributed by atoms with Crippen LogP contribution in [0.1, 0.15) is 18.4 Å². The van der Waals surface area contributed by atoms with Crippen LogP contribution in [0.25, 0.3) is 0 Å². The summed E-state index contributed by atoms with van der Waals surface area (Å²) in [6.45, 7) is 1.57. The van der Waals surface area contributed by atoms with E-state index >= 15 is 0 Å². The number of rotatable bonds is 1. The van der Waals surface area contributed by atoms with E-state index in [9.17, 15) is 9.59 Å². The molecule has 1 spiro atoms. The number of carbonyl (C=O) groups is 2. The summed E-state index contributed by atoms with van der Waals surface area (Å²) in [5.74, 6) is -0.738. The summed E-state index contributed by atoms with van der Waals surface area (Å²) >= 11 is 0. The monoisotopic (exact) mass is 286 g/mol. The molecule has 1 aromatic rings. The van der Waals surface area contributed by atoms with Gasteiger partial charge in [-0.1, -0.05) is 18.2 Å². The molecule has 3 atom stereocenters. The first-order valence-corrected chi connectivity index (χ1v) is 7.41. The number of carbonyl (C=O) groups excluding carboxylic acids is 2. The van der Waals surface area contributed by atoms with Gasteiger partial charge in [0.1, 0.15) is 5.41 Å². The maximum atomic E-state index is 12.8. The molecule has 0 aliphatic carbocycles. The first-order valence-electron chi connectivity index (χ1n) is 7.41. The van der Waals surface area contributed by atoms with E-state index in [4.69, 9.17) is 4.74 Å². The molecule has 5 nitrogen and oxygen atoms in total. The predicted molar refractivity (Wildman–Crippen MR) is 76.9 cm³/mol. The lowest BCUT2D eigenvalue weighted by Crippen LogP contribution is -2.47. The van der Waals surface area contributed by atoms with Gasteiger partial charge in [0, 0.05) is 18.3 Å². The van der Waals surface area contributed by atoms with Gasteiger partial charge in [-0.2, -0.15) is 0 Å². The minimum Gasteiger partial charge on any atom is -0.469 e. The SMILES string of the molecule is COC(=O)[C@H]1[C@H]2CCCN2C[C@]12C(=O)Nc1ccccc12. The highest BCUT2D eigenvalue weighted by Crippen LogP contribution is 2.52. The van der Waals surface area contributed by atoms with Gasteiger partial charge in [0.25, 0.3) is 0 Å². The van der Waals surface area contributed by atoms with Crippen LogP contribution in [-0.4, -0.2) is 43.0 Å². The summed E-state index contributed by atoms with van der Waals surface area (Å²) in [7, 11) is 1.41. The van der Waals surface area contributed by atoms with Crippen molar-refractivity contribution in [1.29, 1.82) is 0 Å². The Bertz CT molecular complexity index is 630. The first kappa shape index (κ1) is 12.8. The van der Waals surface area contributed by atoms with Gasteiger partial charge < -0.3 is 10.1 Å². The molecule has 0 radical (unpaired) electrons. The molecule has 21 heavy (non-hydrogen) atoms. The molecular weight excluding hydrogens is 268 g/mol. The lowest BCUT2D eigenvalue weighted by Gasteiger charge is -2.28. The Balaban J connectivity index is 1.89. The third-order valence-electron chi connectivity index (χ3n) is 5.30. The third-order valence-corrected chi connectivity index (χ3v) is 5.30. The molecule has 0 unspecified atom stereocenters. The molecule has 0 aromatic heterocycles. The number of fused-ring (bicyclic) bond motifs is 3. The second-order valence-corrected chi connectivity index (χ2v) is 6.15. The van der Waals surface area contributed by atoms with Crippen molar-refractivity contribution >= 4 is 17.6 Å². The topological polar surface area (TPSA) is 58.6 Å². The van der Waals surface area contributed by atoms with Crippen molar-refractivity contribution in [2.45, 2.75) is 24.3 Å². The van der Waals surface area contributed by atoms with E-state index in [-0.39, 0.29) is 17.9 Å². The van der Waals surface area contributed by atoms with Gasteiger partial charge >= 0.3 is 5.97 Å². The van der Waals surface area contributed by atoms with Gasteiger partial charge in [0.2, 0.25) is 5.91 Å². The zero-order chi connectivity index (χ0) is 14.6. The molecule has 0 saturated carbocycles. The van der Waals surface area contributed by atoms with Crippen LogP contribution in [-0.2, 0) is 19.7 Å².